The van der Waals surface area contributed by atoms with E-state index in [9.17, 15) is 0 Å². The van der Waals surface area contributed by atoms with E-state index in [1.807, 2.05) is 0 Å². The van der Waals surface area contributed by atoms with E-state index in [0.29, 0.717) is 0 Å². The zero-order valence-electron chi connectivity index (χ0n) is 9.47. The lowest BCUT2D eigenvalue weighted by Crippen LogP contribution is -2.51. The van der Waals surface area contributed by atoms with Crippen molar-refractivity contribution in [1.29, 1.82) is 0 Å². The van der Waals surface area contributed by atoms with E-state index >= 15 is 0 Å². The molecular weight excluding hydrogens is 172 g/mol. The summed E-state index contributed by atoms with van der Waals surface area (Å²) in [4.78, 5) is 2.69. The highest BCUT2D eigenvalue weighted by Crippen LogP contribution is 2.33. The fourth-order valence-electron chi connectivity index (χ4n) is 2.49. The van der Waals surface area contributed by atoms with Crippen LogP contribution >= 0.6 is 0 Å². The summed E-state index contributed by atoms with van der Waals surface area (Å²) in [6.07, 6.45) is 7.25. The van der Waals surface area contributed by atoms with Crippen molar-refractivity contribution >= 4 is 0 Å². The van der Waals surface area contributed by atoms with Crippen molar-refractivity contribution in [2.75, 3.05) is 26.2 Å². The Hall–Kier alpha value is -0.0800. The first-order valence-corrected chi connectivity index (χ1v) is 6.35. The molecule has 1 N–H and O–H groups in total. The minimum atomic E-state index is 0.808. The summed E-state index contributed by atoms with van der Waals surface area (Å²) in [6, 6.07) is 0.808. The monoisotopic (exact) mass is 196 g/mol. The topological polar surface area (TPSA) is 15.3 Å². The second-order valence-corrected chi connectivity index (χ2v) is 4.89. The molecule has 1 saturated carbocycles. The lowest BCUT2D eigenvalue weighted by Gasteiger charge is -2.35. The molecule has 2 fully saturated rings. The Labute approximate surface area is 88.1 Å². The Morgan fingerprint density at radius 2 is 2.21 bits per heavy atom. The first kappa shape index (κ1) is 10.4. The second-order valence-electron chi connectivity index (χ2n) is 4.89. The van der Waals surface area contributed by atoms with Gasteiger partial charge in [0.15, 0.2) is 0 Å². The van der Waals surface area contributed by atoms with E-state index < -0.39 is 0 Å². The summed E-state index contributed by atoms with van der Waals surface area (Å²) >= 11 is 0. The van der Waals surface area contributed by atoms with Crippen molar-refractivity contribution < 1.29 is 0 Å². The number of hydrogen-bond donors (Lipinski definition) is 1. The third-order valence-electron chi connectivity index (χ3n) is 3.70. The van der Waals surface area contributed by atoms with Crippen LogP contribution in [-0.4, -0.2) is 37.1 Å². The molecule has 2 heteroatoms. The van der Waals surface area contributed by atoms with E-state index in [1.54, 1.807) is 0 Å². The molecule has 1 saturated heterocycles. The Kier molecular flexibility index (Phi) is 3.82. The molecule has 0 aromatic carbocycles. The van der Waals surface area contributed by atoms with Gasteiger partial charge < -0.3 is 5.32 Å². The molecule has 0 amide bonds. The Morgan fingerprint density at radius 1 is 1.36 bits per heavy atom. The molecule has 1 unspecified atom stereocenters. The van der Waals surface area contributed by atoms with Gasteiger partial charge in [-0.25, -0.2) is 0 Å². The van der Waals surface area contributed by atoms with Crippen molar-refractivity contribution in [3.63, 3.8) is 0 Å². The molecule has 0 aromatic rings. The lowest BCUT2D eigenvalue weighted by molar-refractivity contribution is 0.153. The van der Waals surface area contributed by atoms with Crippen LogP contribution in [0.5, 0.6) is 0 Å². The van der Waals surface area contributed by atoms with E-state index in [1.165, 1.54) is 58.3 Å². The average molecular weight is 196 g/mol. The van der Waals surface area contributed by atoms with Gasteiger partial charge in [0.25, 0.3) is 0 Å². The predicted octanol–water partition coefficient (Wildman–Crippen LogP) is 1.86. The van der Waals surface area contributed by atoms with Gasteiger partial charge >= 0.3 is 0 Å². The Morgan fingerprint density at radius 3 is 2.93 bits per heavy atom. The predicted molar refractivity (Wildman–Crippen MR) is 60.5 cm³/mol. The summed E-state index contributed by atoms with van der Waals surface area (Å²) in [6.45, 7) is 7.32. The molecule has 1 aliphatic heterocycles. The third-order valence-corrected chi connectivity index (χ3v) is 3.70. The minimum Gasteiger partial charge on any atom is -0.314 e. The van der Waals surface area contributed by atoms with Crippen LogP contribution in [0.1, 0.15) is 39.0 Å². The summed E-state index contributed by atoms with van der Waals surface area (Å²) in [5.74, 6) is 1.11. The van der Waals surface area contributed by atoms with Crippen LogP contribution in [0.25, 0.3) is 0 Å². The highest BCUT2D eigenvalue weighted by molar-refractivity contribution is 4.79. The first-order chi connectivity index (χ1) is 6.90. The molecule has 0 aromatic heterocycles. The number of nitrogens with one attached hydrogen (secondary N) is 1. The highest BCUT2D eigenvalue weighted by Gasteiger charge is 2.23. The van der Waals surface area contributed by atoms with Gasteiger partial charge in [-0.2, -0.15) is 0 Å². The SMILES string of the molecule is CCC1CNCCN1CCCC1CC1. The fourth-order valence-corrected chi connectivity index (χ4v) is 2.49. The van der Waals surface area contributed by atoms with Crippen LogP contribution in [0.3, 0.4) is 0 Å². The number of hydrogen-bond acceptors (Lipinski definition) is 2. The maximum atomic E-state index is 3.49. The van der Waals surface area contributed by atoms with Gasteiger partial charge in [0.1, 0.15) is 0 Å². The van der Waals surface area contributed by atoms with E-state index in [2.05, 4.69) is 17.1 Å². The molecule has 2 rings (SSSR count). The molecule has 82 valence electrons. The van der Waals surface area contributed by atoms with E-state index in [4.69, 9.17) is 0 Å². The van der Waals surface area contributed by atoms with Crippen LogP contribution in [0.4, 0.5) is 0 Å². The maximum absolute atomic E-state index is 3.49. The van der Waals surface area contributed by atoms with E-state index in [-0.39, 0.29) is 0 Å². The second kappa shape index (κ2) is 5.13. The van der Waals surface area contributed by atoms with Crippen LogP contribution < -0.4 is 5.32 Å². The molecule has 0 spiro atoms. The molecule has 0 radical (unpaired) electrons. The summed E-state index contributed by atoms with van der Waals surface area (Å²) < 4.78 is 0. The molecule has 1 atom stereocenters. The van der Waals surface area contributed by atoms with Gasteiger partial charge in [-0.1, -0.05) is 19.8 Å². The van der Waals surface area contributed by atoms with Crippen LogP contribution in [0, 0.1) is 5.92 Å². The molecule has 1 heterocycles. The first-order valence-electron chi connectivity index (χ1n) is 6.35. The Bertz CT molecular complexity index is 166. The quantitative estimate of drug-likeness (QED) is 0.722. The van der Waals surface area contributed by atoms with Crippen molar-refractivity contribution in [1.82, 2.24) is 10.2 Å². The van der Waals surface area contributed by atoms with Gasteiger partial charge in [-0.3, -0.25) is 4.90 Å². The maximum Gasteiger partial charge on any atom is 0.0218 e. The standard InChI is InChI=1S/C12H24N2/c1-2-12-10-13-7-9-14(12)8-3-4-11-5-6-11/h11-13H,2-10H2,1H3. The zero-order chi connectivity index (χ0) is 9.80. The van der Waals surface area contributed by atoms with Crippen molar-refractivity contribution in [2.24, 2.45) is 5.92 Å². The largest absolute Gasteiger partial charge is 0.314 e. The molecule has 0 bridgehead atoms. The average Bonchev–Trinajstić information content (AvgIpc) is 3.03. The molecule has 2 nitrogen and oxygen atoms in total. The van der Waals surface area contributed by atoms with Crippen molar-refractivity contribution in [3.8, 4) is 0 Å². The lowest BCUT2D eigenvalue weighted by atomic mass is 10.1. The molecule has 14 heavy (non-hydrogen) atoms. The van der Waals surface area contributed by atoms with E-state index in [0.717, 1.165) is 12.0 Å². The minimum absolute atomic E-state index is 0.808. The number of rotatable bonds is 5. The van der Waals surface area contributed by atoms with Crippen LogP contribution in [0.15, 0.2) is 0 Å². The summed E-state index contributed by atoms with van der Waals surface area (Å²) in [5, 5.41) is 3.49. The third kappa shape index (κ3) is 2.96. The van der Waals surface area contributed by atoms with Gasteiger partial charge in [-0.15, -0.1) is 0 Å². The highest BCUT2D eigenvalue weighted by atomic mass is 15.2. The van der Waals surface area contributed by atoms with Crippen molar-refractivity contribution in [2.45, 2.75) is 45.1 Å². The van der Waals surface area contributed by atoms with Crippen LogP contribution in [0.2, 0.25) is 0 Å². The molecule has 1 aliphatic carbocycles. The smallest absolute Gasteiger partial charge is 0.0218 e. The molecular formula is C12H24N2. The van der Waals surface area contributed by atoms with Crippen LogP contribution in [-0.2, 0) is 0 Å². The van der Waals surface area contributed by atoms with Gasteiger partial charge in [-0.05, 0) is 31.7 Å². The number of piperazine rings is 1. The van der Waals surface area contributed by atoms with Gasteiger partial charge in [0, 0.05) is 25.7 Å². The summed E-state index contributed by atoms with van der Waals surface area (Å²) in [7, 11) is 0. The fraction of sp³-hybridized carbons (Fsp3) is 1.00. The Balaban J connectivity index is 1.64. The number of nitrogens with zero attached hydrogens (tertiary/aromatic N) is 1. The zero-order valence-corrected chi connectivity index (χ0v) is 9.47. The van der Waals surface area contributed by atoms with Gasteiger partial charge in [0.2, 0.25) is 0 Å². The summed E-state index contributed by atoms with van der Waals surface area (Å²) in [5.41, 5.74) is 0. The van der Waals surface area contributed by atoms with Crippen molar-refractivity contribution in [3.05, 3.63) is 0 Å². The molecule has 2 aliphatic rings. The normalized spacial score (nSPS) is 29.4. The van der Waals surface area contributed by atoms with Gasteiger partial charge in [0.05, 0.1) is 0 Å².